The summed E-state index contributed by atoms with van der Waals surface area (Å²) in [5, 5.41) is 2.70. The van der Waals surface area contributed by atoms with Crippen molar-refractivity contribution in [1.82, 2.24) is 0 Å². The molecule has 0 aliphatic heterocycles. The van der Waals surface area contributed by atoms with Crippen molar-refractivity contribution in [2.45, 2.75) is 64.2 Å². The van der Waals surface area contributed by atoms with Crippen LogP contribution in [0, 0.1) is 5.92 Å². The fourth-order valence-corrected chi connectivity index (χ4v) is 4.85. The Morgan fingerprint density at radius 3 is 2.21 bits per heavy atom. The van der Waals surface area contributed by atoms with Crippen molar-refractivity contribution in [3.63, 3.8) is 0 Å². The summed E-state index contributed by atoms with van der Waals surface area (Å²) < 4.78 is 0. The third-order valence-electron chi connectivity index (χ3n) is 6.79. The molecule has 0 bridgehead atoms. The van der Waals surface area contributed by atoms with Gasteiger partial charge in [0.05, 0.1) is 0 Å². The van der Waals surface area contributed by atoms with Crippen LogP contribution in [0.1, 0.15) is 68.9 Å². The van der Waals surface area contributed by atoms with Gasteiger partial charge in [0.15, 0.2) is 0 Å². The van der Waals surface area contributed by atoms with Crippen molar-refractivity contribution in [3.05, 3.63) is 84.4 Å². The summed E-state index contributed by atoms with van der Waals surface area (Å²) in [6.07, 6.45) is 12.4. The van der Waals surface area contributed by atoms with Gasteiger partial charge in [0, 0.05) is 0 Å². The molecule has 1 fully saturated rings. The molecule has 0 amide bonds. The van der Waals surface area contributed by atoms with Gasteiger partial charge in [-0.2, -0.15) is 0 Å². The summed E-state index contributed by atoms with van der Waals surface area (Å²) >= 11 is 0. The standard InChI is InChI=1S/C29H34/c1-3-5-6-7-23-10-13-29-21-28(19-18-27(29)20-23)26-16-14-25(15-17-26)24-11-8-22(4-2)9-12-24/h4,10,13-22,24H,2-3,5-9,11-12H2,1H3. The number of benzene rings is 3. The second-order valence-electron chi connectivity index (χ2n) is 8.82. The Hall–Kier alpha value is -2.34. The van der Waals surface area contributed by atoms with Crippen molar-refractivity contribution in [3.8, 4) is 11.1 Å². The highest BCUT2D eigenvalue weighted by Crippen LogP contribution is 2.37. The van der Waals surface area contributed by atoms with Gasteiger partial charge < -0.3 is 0 Å². The molecule has 0 unspecified atom stereocenters. The van der Waals surface area contributed by atoms with E-state index >= 15 is 0 Å². The van der Waals surface area contributed by atoms with Crippen LogP contribution in [0.2, 0.25) is 0 Å². The second kappa shape index (κ2) is 9.44. The third-order valence-corrected chi connectivity index (χ3v) is 6.79. The molecule has 3 aromatic carbocycles. The molecule has 0 radical (unpaired) electrons. The van der Waals surface area contributed by atoms with Gasteiger partial charge in [-0.25, -0.2) is 0 Å². The van der Waals surface area contributed by atoms with E-state index in [0.717, 1.165) is 11.8 Å². The number of unbranched alkanes of at least 4 members (excludes halogenated alkanes) is 2. The molecule has 0 aromatic heterocycles. The Kier molecular flexibility index (Phi) is 6.49. The van der Waals surface area contributed by atoms with Gasteiger partial charge in [0.25, 0.3) is 0 Å². The Morgan fingerprint density at radius 2 is 1.48 bits per heavy atom. The van der Waals surface area contributed by atoms with E-state index in [1.54, 1.807) is 0 Å². The van der Waals surface area contributed by atoms with Gasteiger partial charge in [-0.1, -0.05) is 80.4 Å². The van der Waals surface area contributed by atoms with Crippen LogP contribution in [0.15, 0.2) is 73.3 Å². The van der Waals surface area contributed by atoms with E-state index < -0.39 is 0 Å². The predicted octanol–water partition coefficient (Wildman–Crippen LogP) is 8.70. The van der Waals surface area contributed by atoms with Crippen LogP contribution in [0.5, 0.6) is 0 Å². The van der Waals surface area contributed by atoms with E-state index in [1.807, 2.05) is 0 Å². The molecule has 29 heavy (non-hydrogen) atoms. The summed E-state index contributed by atoms with van der Waals surface area (Å²) in [6, 6.07) is 23.2. The van der Waals surface area contributed by atoms with Crippen molar-refractivity contribution < 1.29 is 0 Å². The van der Waals surface area contributed by atoms with Crippen LogP contribution in [-0.4, -0.2) is 0 Å². The van der Waals surface area contributed by atoms with Gasteiger partial charge in [0.1, 0.15) is 0 Å². The number of fused-ring (bicyclic) bond motifs is 1. The summed E-state index contributed by atoms with van der Waals surface area (Å²) in [5.74, 6) is 1.46. The van der Waals surface area contributed by atoms with Crippen molar-refractivity contribution in [2.75, 3.05) is 0 Å². The quantitative estimate of drug-likeness (QED) is 0.283. The highest BCUT2D eigenvalue weighted by molar-refractivity contribution is 5.87. The number of hydrogen-bond donors (Lipinski definition) is 0. The maximum atomic E-state index is 3.97. The van der Waals surface area contributed by atoms with Crippen molar-refractivity contribution in [1.29, 1.82) is 0 Å². The summed E-state index contributed by atoms with van der Waals surface area (Å²) in [6.45, 7) is 6.24. The van der Waals surface area contributed by atoms with Crippen LogP contribution < -0.4 is 0 Å². The summed E-state index contributed by atoms with van der Waals surface area (Å²) in [5.41, 5.74) is 5.61. The topological polar surface area (TPSA) is 0 Å². The Balaban J connectivity index is 1.47. The summed E-state index contributed by atoms with van der Waals surface area (Å²) in [7, 11) is 0. The number of allylic oxidation sites excluding steroid dienone is 1. The highest BCUT2D eigenvalue weighted by Gasteiger charge is 2.20. The van der Waals surface area contributed by atoms with Crippen LogP contribution in [-0.2, 0) is 6.42 Å². The minimum absolute atomic E-state index is 0.725. The molecule has 3 aromatic rings. The third kappa shape index (κ3) is 4.81. The SMILES string of the molecule is C=CC1CCC(c2ccc(-c3ccc4cc(CCCCC)ccc4c3)cc2)CC1. The molecule has 0 N–H and O–H groups in total. The molecule has 0 heteroatoms. The zero-order valence-corrected chi connectivity index (χ0v) is 17.9. The molecule has 1 aliphatic rings. The summed E-state index contributed by atoms with van der Waals surface area (Å²) in [4.78, 5) is 0. The highest BCUT2D eigenvalue weighted by atomic mass is 14.2. The smallest absolute Gasteiger partial charge is 0.0162 e. The van der Waals surface area contributed by atoms with E-state index in [0.29, 0.717) is 0 Å². The lowest BCUT2D eigenvalue weighted by molar-refractivity contribution is 0.376. The van der Waals surface area contributed by atoms with Gasteiger partial charge in [-0.15, -0.1) is 6.58 Å². The second-order valence-corrected chi connectivity index (χ2v) is 8.82. The van der Waals surface area contributed by atoms with Crippen LogP contribution in [0.4, 0.5) is 0 Å². The van der Waals surface area contributed by atoms with Crippen LogP contribution in [0.25, 0.3) is 21.9 Å². The Morgan fingerprint density at radius 1 is 0.793 bits per heavy atom. The normalized spacial score (nSPS) is 19.3. The molecule has 0 saturated heterocycles. The van der Waals surface area contributed by atoms with E-state index in [4.69, 9.17) is 0 Å². The van der Waals surface area contributed by atoms with Gasteiger partial charge >= 0.3 is 0 Å². The molecular formula is C29H34. The van der Waals surface area contributed by atoms with E-state index in [-0.39, 0.29) is 0 Å². The monoisotopic (exact) mass is 382 g/mol. The number of hydrogen-bond acceptors (Lipinski definition) is 0. The molecule has 0 spiro atoms. The maximum absolute atomic E-state index is 3.97. The lowest BCUT2D eigenvalue weighted by Crippen LogP contribution is -2.11. The molecule has 150 valence electrons. The molecule has 1 saturated carbocycles. The Bertz CT molecular complexity index is 939. The van der Waals surface area contributed by atoms with Crippen molar-refractivity contribution in [2.24, 2.45) is 5.92 Å². The van der Waals surface area contributed by atoms with E-state index in [2.05, 4.69) is 80.2 Å². The zero-order valence-electron chi connectivity index (χ0n) is 17.9. The van der Waals surface area contributed by atoms with Crippen LogP contribution >= 0.6 is 0 Å². The fraction of sp³-hybridized carbons (Fsp3) is 0.379. The fourth-order valence-electron chi connectivity index (χ4n) is 4.85. The predicted molar refractivity (Wildman–Crippen MR) is 128 cm³/mol. The number of rotatable bonds is 7. The van der Waals surface area contributed by atoms with Crippen molar-refractivity contribution >= 4 is 10.8 Å². The lowest BCUT2D eigenvalue weighted by Gasteiger charge is -2.27. The first-order chi connectivity index (χ1) is 14.3. The molecule has 4 rings (SSSR count). The van der Waals surface area contributed by atoms with E-state index in [9.17, 15) is 0 Å². The first kappa shape index (κ1) is 20.0. The molecule has 1 aliphatic carbocycles. The first-order valence-corrected chi connectivity index (χ1v) is 11.5. The van der Waals surface area contributed by atoms with Gasteiger partial charge in [-0.3, -0.25) is 0 Å². The average molecular weight is 383 g/mol. The average Bonchev–Trinajstić information content (AvgIpc) is 2.79. The molecule has 0 nitrogen and oxygen atoms in total. The van der Waals surface area contributed by atoms with E-state index in [1.165, 1.54) is 84.4 Å². The zero-order chi connectivity index (χ0) is 20.1. The van der Waals surface area contributed by atoms with Crippen LogP contribution in [0.3, 0.4) is 0 Å². The Labute approximate surface area is 176 Å². The largest absolute Gasteiger partial charge is 0.103 e. The lowest BCUT2D eigenvalue weighted by atomic mass is 9.78. The maximum Gasteiger partial charge on any atom is -0.0162 e. The van der Waals surface area contributed by atoms with Gasteiger partial charge in [-0.05, 0) is 89.5 Å². The molecular weight excluding hydrogens is 348 g/mol. The minimum atomic E-state index is 0.725. The number of aryl methyl sites for hydroxylation is 1. The minimum Gasteiger partial charge on any atom is -0.103 e. The first-order valence-electron chi connectivity index (χ1n) is 11.5. The van der Waals surface area contributed by atoms with Gasteiger partial charge in [0.2, 0.25) is 0 Å². The molecule has 0 atom stereocenters. The molecule has 0 heterocycles.